The van der Waals surface area contributed by atoms with Gasteiger partial charge in [0.25, 0.3) is 0 Å². The molecule has 3 rings (SSSR count). The number of ether oxygens (including phenoxy) is 1. The van der Waals surface area contributed by atoms with Crippen LogP contribution < -0.4 is 5.32 Å². The molecule has 29 heavy (non-hydrogen) atoms. The number of thioether (sulfide) groups is 1. The third-order valence-corrected chi connectivity index (χ3v) is 7.02. The van der Waals surface area contributed by atoms with Crippen molar-refractivity contribution < 1.29 is 14.3 Å². The van der Waals surface area contributed by atoms with E-state index in [1.807, 2.05) is 0 Å². The number of nitrogens with one attached hydrogen (secondary N) is 1. The summed E-state index contributed by atoms with van der Waals surface area (Å²) in [5.74, 6) is 1.29. The maximum absolute atomic E-state index is 12.5. The highest BCUT2D eigenvalue weighted by atomic mass is 32.2. The van der Waals surface area contributed by atoms with E-state index in [0.717, 1.165) is 24.4 Å². The zero-order valence-electron chi connectivity index (χ0n) is 17.7. The van der Waals surface area contributed by atoms with Gasteiger partial charge in [0, 0.05) is 12.1 Å². The average molecular weight is 423 g/mol. The lowest BCUT2D eigenvalue weighted by Crippen LogP contribution is -2.41. The van der Waals surface area contributed by atoms with Gasteiger partial charge in [-0.2, -0.15) is 0 Å². The van der Waals surface area contributed by atoms with Crippen LogP contribution in [0.5, 0.6) is 0 Å². The highest BCUT2D eigenvalue weighted by Crippen LogP contribution is 2.33. The lowest BCUT2D eigenvalue weighted by atomic mass is 9.86. The van der Waals surface area contributed by atoms with Crippen molar-refractivity contribution in [2.45, 2.75) is 95.3 Å². The van der Waals surface area contributed by atoms with Crippen LogP contribution in [0.1, 0.15) is 83.5 Å². The lowest BCUT2D eigenvalue weighted by Gasteiger charge is -2.29. The van der Waals surface area contributed by atoms with Crippen LogP contribution in [0, 0.1) is 5.92 Å². The number of hydrogen-bond acceptors (Lipinski definition) is 6. The zero-order valence-corrected chi connectivity index (χ0v) is 18.5. The van der Waals surface area contributed by atoms with Gasteiger partial charge in [-0.1, -0.05) is 50.8 Å². The summed E-state index contributed by atoms with van der Waals surface area (Å²) in [7, 11) is 0. The molecule has 2 fully saturated rings. The molecule has 1 heterocycles. The van der Waals surface area contributed by atoms with Crippen molar-refractivity contribution in [2.75, 3.05) is 12.4 Å². The van der Waals surface area contributed by atoms with Crippen molar-refractivity contribution in [3.8, 4) is 0 Å². The van der Waals surface area contributed by atoms with Gasteiger partial charge in [-0.25, -0.2) is 0 Å². The Morgan fingerprint density at radius 3 is 2.55 bits per heavy atom. The third kappa shape index (κ3) is 6.20. The van der Waals surface area contributed by atoms with E-state index in [0.29, 0.717) is 30.1 Å². The van der Waals surface area contributed by atoms with Gasteiger partial charge < -0.3 is 14.6 Å². The molecule has 0 saturated heterocycles. The summed E-state index contributed by atoms with van der Waals surface area (Å²) in [6.45, 7) is 4.38. The van der Waals surface area contributed by atoms with Crippen molar-refractivity contribution in [2.24, 2.45) is 5.92 Å². The predicted octanol–water partition coefficient (Wildman–Crippen LogP) is 3.68. The summed E-state index contributed by atoms with van der Waals surface area (Å²) in [4.78, 5) is 24.5. The van der Waals surface area contributed by atoms with Gasteiger partial charge in [0.2, 0.25) is 5.91 Å². The average Bonchev–Trinajstić information content (AvgIpc) is 3.11. The van der Waals surface area contributed by atoms with Crippen LogP contribution in [0.25, 0.3) is 0 Å². The second-order valence-corrected chi connectivity index (χ2v) is 9.21. The summed E-state index contributed by atoms with van der Waals surface area (Å²) in [5.41, 5.74) is 0. The van der Waals surface area contributed by atoms with E-state index in [-0.39, 0.29) is 24.3 Å². The molecule has 1 aromatic rings. The monoisotopic (exact) mass is 422 g/mol. The van der Waals surface area contributed by atoms with Gasteiger partial charge in [-0.05, 0) is 38.5 Å². The number of amides is 1. The first-order chi connectivity index (χ1) is 14.1. The smallest absolute Gasteiger partial charge is 0.313 e. The van der Waals surface area contributed by atoms with Gasteiger partial charge >= 0.3 is 5.97 Å². The van der Waals surface area contributed by atoms with Crippen LogP contribution in [0.2, 0.25) is 0 Å². The molecule has 0 unspecified atom stereocenters. The van der Waals surface area contributed by atoms with Crippen LogP contribution in [0.4, 0.5) is 0 Å². The van der Waals surface area contributed by atoms with Crippen molar-refractivity contribution in [1.29, 1.82) is 0 Å². The van der Waals surface area contributed by atoms with Crippen molar-refractivity contribution in [3.63, 3.8) is 0 Å². The normalized spacial score (nSPS) is 23.0. The minimum absolute atomic E-state index is 0.0545. The first-order valence-corrected chi connectivity index (χ1v) is 12.1. The number of carbonyl (C=O) groups excluding carboxylic acids is 2. The molecular weight excluding hydrogens is 388 g/mol. The molecule has 2 atom stereocenters. The molecule has 0 spiro atoms. The number of rotatable bonds is 8. The van der Waals surface area contributed by atoms with E-state index in [1.54, 1.807) is 6.92 Å². The Kier molecular flexibility index (Phi) is 8.39. The van der Waals surface area contributed by atoms with Crippen molar-refractivity contribution in [3.05, 3.63) is 5.82 Å². The molecule has 2 saturated carbocycles. The lowest BCUT2D eigenvalue weighted by molar-refractivity contribution is -0.142. The van der Waals surface area contributed by atoms with Crippen LogP contribution >= 0.6 is 11.8 Å². The Hall–Kier alpha value is -1.57. The minimum Gasteiger partial charge on any atom is -0.466 e. The molecule has 1 aromatic heterocycles. The van der Waals surface area contributed by atoms with Gasteiger partial charge in [-0.15, -0.1) is 10.2 Å². The Morgan fingerprint density at radius 1 is 1.10 bits per heavy atom. The van der Waals surface area contributed by atoms with E-state index in [4.69, 9.17) is 4.74 Å². The quantitative estimate of drug-likeness (QED) is 0.508. The molecular formula is C21H34N4O3S. The molecule has 0 aliphatic heterocycles. The summed E-state index contributed by atoms with van der Waals surface area (Å²) in [5, 5.41) is 12.5. The highest BCUT2D eigenvalue weighted by molar-refractivity contribution is 7.99. The standard InChI is InChI=1S/C21H34N4O3S/c1-3-28-20(27)13-18-23-24-21(25(18)16-10-5-4-6-11-16)29-14-19(26)22-17-12-8-7-9-15(17)2/h15-17H,3-14H2,1-2H3,(H,22,26)/t15-,17-/m0/s1. The largest absolute Gasteiger partial charge is 0.466 e. The summed E-state index contributed by atoms with van der Waals surface area (Å²) in [6.07, 6.45) is 10.6. The fraction of sp³-hybridized carbons (Fsp3) is 0.810. The molecule has 8 heteroatoms. The van der Waals surface area contributed by atoms with E-state index < -0.39 is 0 Å². The van der Waals surface area contributed by atoms with Gasteiger partial charge in [0.1, 0.15) is 12.2 Å². The number of nitrogens with zero attached hydrogens (tertiary/aromatic N) is 3. The van der Waals surface area contributed by atoms with Crippen LogP contribution in [-0.4, -0.2) is 45.0 Å². The number of aromatic nitrogens is 3. The summed E-state index contributed by atoms with van der Waals surface area (Å²) < 4.78 is 7.19. The fourth-order valence-corrected chi connectivity index (χ4v) is 5.32. The van der Waals surface area contributed by atoms with Crippen molar-refractivity contribution >= 4 is 23.6 Å². The SMILES string of the molecule is CCOC(=O)Cc1nnc(SCC(=O)N[C@H]2CCCC[C@@H]2C)n1C1CCCCC1. The van der Waals surface area contributed by atoms with Crippen LogP contribution in [0.15, 0.2) is 5.16 Å². The minimum atomic E-state index is -0.280. The molecule has 0 radical (unpaired) electrons. The Labute approximate surface area is 177 Å². The summed E-state index contributed by atoms with van der Waals surface area (Å²) >= 11 is 1.43. The Balaban J connectivity index is 1.64. The van der Waals surface area contributed by atoms with E-state index >= 15 is 0 Å². The molecule has 2 aliphatic rings. The number of esters is 1. The van der Waals surface area contributed by atoms with E-state index in [9.17, 15) is 9.59 Å². The summed E-state index contributed by atoms with van der Waals surface area (Å²) in [6, 6.07) is 0.583. The fourth-order valence-electron chi connectivity index (χ4n) is 4.48. The molecule has 1 amide bonds. The van der Waals surface area contributed by atoms with Crippen LogP contribution in [0.3, 0.4) is 0 Å². The predicted molar refractivity (Wildman–Crippen MR) is 113 cm³/mol. The molecule has 2 aliphatic carbocycles. The van der Waals surface area contributed by atoms with Crippen LogP contribution in [-0.2, 0) is 20.7 Å². The van der Waals surface area contributed by atoms with Gasteiger partial charge in [0.05, 0.1) is 12.4 Å². The first-order valence-electron chi connectivity index (χ1n) is 11.1. The topological polar surface area (TPSA) is 86.1 Å². The number of carbonyl (C=O) groups is 2. The second kappa shape index (κ2) is 11.0. The zero-order chi connectivity index (χ0) is 20.6. The Bertz CT molecular complexity index is 687. The van der Waals surface area contributed by atoms with E-state index in [1.165, 1.54) is 50.3 Å². The second-order valence-electron chi connectivity index (χ2n) is 8.27. The van der Waals surface area contributed by atoms with Gasteiger partial charge in [0.15, 0.2) is 5.16 Å². The molecule has 0 bridgehead atoms. The Morgan fingerprint density at radius 2 is 1.83 bits per heavy atom. The number of hydrogen-bond donors (Lipinski definition) is 1. The maximum atomic E-state index is 12.5. The highest BCUT2D eigenvalue weighted by Gasteiger charge is 2.26. The molecule has 1 N–H and O–H groups in total. The molecule has 162 valence electrons. The molecule has 7 nitrogen and oxygen atoms in total. The first kappa shape index (κ1) is 22.1. The van der Waals surface area contributed by atoms with E-state index in [2.05, 4.69) is 27.0 Å². The van der Waals surface area contributed by atoms with Crippen molar-refractivity contribution in [1.82, 2.24) is 20.1 Å². The maximum Gasteiger partial charge on any atom is 0.313 e. The molecule has 0 aromatic carbocycles. The van der Waals surface area contributed by atoms with Gasteiger partial charge in [-0.3, -0.25) is 9.59 Å². The third-order valence-electron chi connectivity index (χ3n) is 6.07.